The maximum absolute atomic E-state index is 13.1. The lowest BCUT2D eigenvalue weighted by molar-refractivity contribution is -0.113. The Balaban J connectivity index is 1.03. The van der Waals surface area contributed by atoms with E-state index in [0.717, 1.165) is 30.9 Å². The standard InChI is InChI=1S/C29H20FN5O2S4/c30-19-10-8-17(9-11-19)15-38-29-35-34-27(41-29)33-25(36)16-39-28-32-23-13-12-20(14-24(23)40-28)31-26(37)22-7-3-5-18-4-1-2-6-21(18)22/h1-14H,15-16H2,(H,31,37)(H,33,34,36). The van der Waals surface area contributed by atoms with Gasteiger partial charge in [0.1, 0.15) is 5.82 Å². The van der Waals surface area contributed by atoms with Crippen molar-refractivity contribution in [2.45, 2.75) is 14.4 Å². The molecule has 2 heterocycles. The summed E-state index contributed by atoms with van der Waals surface area (Å²) in [5.74, 6) is 0.149. The molecule has 0 aliphatic carbocycles. The summed E-state index contributed by atoms with van der Waals surface area (Å²) in [7, 11) is 0. The minimum atomic E-state index is -0.269. The van der Waals surface area contributed by atoms with Crippen LogP contribution in [0, 0.1) is 5.82 Å². The summed E-state index contributed by atoms with van der Waals surface area (Å²) in [4.78, 5) is 30.1. The van der Waals surface area contributed by atoms with Crippen molar-refractivity contribution >= 4 is 89.8 Å². The topological polar surface area (TPSA) is 96.9 Å². The number of aromatic nitrogens is 3. The number of nitrogens with zero attached hydrogens (tertiary/aromatic N) is 3. The van der Waals surface area contributed by atoms with Gasteiger partial charge in [0, 0.05) is 17.0 Å². The number of hydrogen-bond donors (Lipinski definition) is 2. The summed E-state index contributed by atoms with van der Waals surface area (Å²) in [5, 5.41) is 16.3. The van der Waals surface area contributed by atoms with E-state index in [4.69, 9.17) is 0 Å². The molecule has 0 atom stereocenters. The van der Waals surface area contributed by atoms with Crippen LogP contribution >= 0.6 is 46.2 Å². The molecule has 2 amide bonds. The molecule has 204 valence electrons. The van der Waals surface area contributed by atoms with Crippen molar-refractivity contribution in [2.24, 2.45) is 0 Å². The number of nitrogens with one attached hydrogen (secondary N) is 2. The van der Waals surface area contributed by atoms with E-state index in [1.54, 1.807) is 12.1 Å². The molecule has 0 aliphatic rings. The molecule has 41 heavy (non-hydrogen) atoms. The highest BCUT2D eigenvalue weighted by Crippen LogP contribution is 2.32. The van der Waals surface area contributed by atoms with Gasteiger partial charge in [-0.15, -0.1) is 21.5 Å². The predicted molar refractivity (Wildman–Crippen MR) is 167 cm³/mol. The second-order valence-electron chi connectivity index (χ2n) is 8.77. The first kappa shape index (κ1) is 27.3. The monoisotopic (exact) mass is 617 g/mol. The summed E-state index contributed by atoms with van der Waals surface area (Å²) < 4.78 is 15.4. The highest BCUT2D eigenvalue weighted by Gasteiger charge is 2.14. The van der Waals surface area contributed by atoms with Crippen molar-refractivity contribution in [3.8, 4) is 0 Å². The van der Waals surface area contributed by atoms with Gasteiger partial charge in [0.15, 0.2) is 8.68 Å². The maximum Gasteiger partial charge on any atom is 0.256 e. The summed E-state index contributed by atoms with van der Waals surface area (Å²) >= 11 is 5.57. The van der Waals surface area contributed by atoms with Crippen LogP contribution in [0.25, 0.3) is 21.0 Å². The van der Waals surface area contributed by atoms with Crippen molar-refractivity contribution in [1.29, 1.82) is 0 Å². The molecule has 0 radical (unpaired) electrons. The molecular formula is C29H20FN5O2S4. The number of rotatable bonds is 9. The van der Waals surface area contributed by atoms with Gasteiger partial charge in [0.05, 0.1) is 16.0 Å². The third-order valence-electron chi connectivity index (χ3n) is 5.92. The average Bonchev–Trinajstić information content (AvgIpc) is 3.61. The molecular weight excluding hydrogens is 598 g/mol. The van der Waals surface area contributed by atoms with Crippen LogP contribution in [-0.2, 0) is 10.5 Å². The number of fused-ring (bicyclic) bond motifs is 2. The number of benzene rings is 4. The van der Waals surface area contributed by atoms with Gasteiger partial charge in [-0.3, -0.25) is 14.9 Å². The van der Waals surface area contributed by atoms with Crippen molar-refractivity contribution in [3.05, 3.63) is 102 Å². The van der Waals surface area contributed by atoms with Crippen molar-refractivity contribution in [2.75, 3.05) is 16.4 Å². The number of thioether (sulfide) groups is 2. The van der Waals surface area contributed by atoms with Crippen LogP contribution in [0.2, 0.25) is 0 Å². The van der Waals surface area contributed by atoms with Crippen molar-refractivity contribution in [3.63, 3.8) is 0 Å². The quantitative estimate of drug-likeness (QED) is 0.127. The molecule has 6 rings (SSSR count). The summed E-state index contributed by atoms with van der Waals surface area (Å²) in [6.07, 6.45) is 0. The number of anilines is 2. The lowest BCUT2D eigenvalue weighted by atomic mass is 10.0. The molecule has 0 unspecified atom stereocenters. The Bertz CT molecular complexity index is 1870. The summed E-state index contributed by atoms with van der Waals surface area (Å²) in [6.45, 7) is 0. The van der Waals surface area contributed by atoms with Gasteiger partial charge in [-0.1, -0.05) is 83.4 Å². The Morgan fingerprint density at radius 1 is 0.829 bits per heavy atom. The summed E-state index contributed by atoms with van der Waals surface area (Å²) in [6, 6.07) is 25.4. The average molecular weight is 618 g/mol. The Morgan fingerprint density at radius 3 is 2.54 bits per heavy atom. The lowest BCUT2D eigenvalue weighted by Crippen LogP contribution is -2.13. The zero-order valence-electron chi connectivity index (χ0n) is 21.2. The Kier molecular flexibility index (Phi) is 8.23. The largest absolute Gasteiger partial charge is 0.322 e. The minimum Gasteiger partial charge on any atom is -0.322 e. The lowest BCUT2D eigenvalue weighted by Gasteiger charge is -2.08. The minimum absolute atomic E-state index is 0.169. The predicted octanol–water partition coefficient (Wildman–Crippen LogP) is 7.72. The molecule has 0 aliphatic heterocycles. The number of halogens is 1. The smallest absolute Gasteiger partial charge is 0.256 e. The summed E-state index contributed by atoms with van der Waals surface area (Å²) in [5.41, 5.74) is 3.07. The van der Waals surface area contributed by atoms with Gasteiger partial charge in [-0.2, -0.15) is 0 Å². The van der Waals surface area contributed by atoms with Crippen LogP contribution < -0.4 is 10.6 Å². The van der Waals surface area contributed by atoms with Gasteiger partial charge in [0.2, 0.25) is 11.0 Å². The van der Waals surface area contributed by atoms with Crippen LogP contribution in [0.15, 0.2) is 93.6 Å². The van der Waals surface area contributed by atoms with E-state index in [-0.39, 0.29) is 23.4 Å². The molecule has 6 aromatic rings. The van der Waals surface area contributed by atoms with Gasteiger partial charge in [0.25, 0.3) is 5.91 Å². The van der Waals surface area contributed by atoms with E-state index in [1.807, 2.05) is 60.7 Å². The Hall–Kier alpha value is -3.84. The van der Waals surface area contributed by atoms with E-state index in [9.17, 15) is 14.0 Å². The maximum atomic E-state index is 13.1. The number of carbonyl (C=O) groups is 2. The van der Waals surface area contributed by atoms with Crippen molar-refractivity contribution in [1.82, 2.24) is 15.2 Å². The molecule has 0 bridgehead atoms. The first-order chi connectivity index (χ1) is 20.0. The fraction of sp³-hybridized carbons (Fsp3) is 0.0690. The van der Waals surface area contributed by atoms with Crippen LogP contribution in [-0.4, -0.2) is 32.7 Å². The highest BCUT2D eigenvalue weighted by atomic mass is 32.2. The second kappa shape index (κ2) is 12.4. The normalized spacial score (nSPS) is 11.1. The molecule has 0 fully saturated rings. The Labute approximate surface area is 250 Å². The highest BCUT2D eigenvalue weighted by molar-refractivity contribution is 8.01. The fourth-order valence-corrected chi connectivity index (χ4v) is 7.62. The molecule has 0 saturated heterocycles. The third-order valence-corrected chi connectivity index (χ3v) is 10.1. The van der Waals surface area contributed by atoms with Crippen LogP contribution in [0.3, 0.4) is 0 Å². The van der Waals surface area contributed by atoms with Gasteiger partial charge >= 0.3 is 0 Å². The van der Waals surface area contributed by atoms with Gasteiger partial charge in [-0.05, 0) is 52.7 Å². The van der Waals surface area contributed by atoms with Crippen LogP contribution in [0.1, 0.15) is 15.9 Å². The van der Waals surface area contributed by atoms with Crippen LogP contribution in [0.4, 0.5) is 15.2 Å². The van der Waals surface area contributed by atoms with E-state index >= 15 is 0 Å². The SMILES string of the molecule is O=C(CSc1nc2ccc(NC(=O)c3cccc4ccccc34)cc2s1)Nc1nnc(SCc2ccc(F)cc2)s1. The number of hydrogen-bond acceptors (Lipinski definition) is 9. The van der Waals surface area contributed by atoms with E-state index in [1.165, 1.54) is 58.3 Å². The van der Waals surface area contributed by atoms with E-state index in [0.29, 0.717) is 26.5 Å². The van der Waals surface area contributed by atoms with Gasteiger partial charge in [-0.25, -0.2) is 9.37 Å². The van der Waals surface area contributed by atoms with Crippen LogP contribution in [0.5, 0.6) is 0 Å². The van der Waals surface area contributed by atoms with E-state index in [2.05, 4.69) is 25.8 Å². The fourth-order valence-electron chi connectivity index (χ4n) is 3.99. The number of amides is 2. The molecule has 12 heteroatoms. The number of thiazole rings is 1. The first-order valence-corrected chi connectivity index (χ1v) is 15.9. The van der Waals surface area contributed by atoms with E-state index < -0.39 is 0 Å². The molecule has 2 aromatic heterocycles. The van der Waals surface area contributed by atoms with Crippen molar-refractivity contribution < 1.29 is 14.0 Å². The van der Waals surface area contributed by atoms with Gasteiger partial charge < -0.3 is 5.32 Å². The zero-order chi connectivity index (χ0) is 28.2. The Morgan fingerprint density at radius 2 is 1.66 bits per heavy atom. The number of carbonyl (C=O) groups excluding carboxylic acids is 2. The second-order valence-corrected chi connectivity index (χ2v) is 13.2. The first-order valence-electron chi connectivity index (χ1n) is 12.3. The molecule has 0 spiro atoms. The molecule has 0 saturated carbocycles. The molecule has 4 aromatic carbocycles. The zero-order valence-corrected chi connectivity index (χ0v) is 24.4. The third kappa shape index (κ3) is 6.73. The molecule has 7 nitrogen and oxygen atoms in total. The molecule has 2 N–H and O–H groups in total.